The molecule has 0 fully saturated rings. The minimum absolute atomic E-state index is 0.242. The van der Waals surface area contributed by atoms with Gasteiger partial charge in [-0.15, -0.1) is 0 Å². The first-order valence-electron chi connectivity index (χ1n) is 6.90. The highest BCUT2D eigenvalue weighted by Crippen LogP contribution is 2.22. The van der Waals surface area contributed by atoms with Gasteiger partial charge in [0.2, 0.25) is 0 Å². The summed E-state index contributed by atoms with van der Waals surface area (Å²) in [5, 5.41) is 0. The zero-order chi connectivity index (χ0) is 14.9. The molecular formula is C17H12N4O. The summed E-state index contributed by atoms with van der Waals surface area (Å²) in [7, 11) is 0. The van der Waals surface area contributed by atoms with Gasteiger partial charge in [-0.25, -0.2) is 9.97 Å². The molecule has 4 aromatic rings. The smallest absolute Gasteiger partial charge is 0.279 e. The summed E-state index contributed by atoms with van der Waals surface area (Å²) in [5.74, 6) is 0.529. The third kappa shape index (κ3) is 2.09. The second-order valence-electron chi connectivity index (χ2n) is 4.96. The summed E-state index contributed by atoms with van der Waals surface area (Å²) in [4.78, 5) is 25.9. The maximum Gasteiger partial charge on any atom is 0.279 e. The van der Waals surface area contributed by atoms with Crippen LogP contribution >= 0.6 is 0 Å². The number of nitrogens with one attached hydrogen (secondary N) is 2. The number of H-pyrrole nitrogens is 2. The Kier molecular flexibility index (Phi) is 2.83. The maximum absolute atomic E-state index is 11.9. The van der Waals surface area contributed by atoms with E-state index in [4.69, 9.17) is 0 Å². The number of fused-ring (bicyclic) bond motifs is 1. The fourth-order valence-electron chi connectivity index (χ4n) is 2.43. The number of hydrogen-bond donors (Lipinski definition) is 2. The highest BCUT2D eigenvalue weighted by molar-refractivity contribution is 5.73. The number of nitrogens with zero attached hydrogens (tertiary/aromatic N) is 2. The lowest BCUT2D eigenvalue weighted by Crippen LogP contribution is -2.09. The highest BCUT2D eigenvalue weighted by Gasteiger charge is 2.07. The predicted molar refractivity (Wildman–Crippen MR) is 85.4 cm³/mol. The van der Waals surface area contributed by atoms with Crippen LogP contribution in [0.25, 0.3) is 33.7 Å². The first kappa shape index (κ1) is 12.5. The van der Waals surface area contributed by atoms with Crippen molar-refractivity contribution < 1.29 is 0 Å². The van der Waals surface area contributed by atoms with Gasteiger partial charge in [0.15, 0.2) is 11.2 Å². The van der Waals surface area contributed by atoms with Gasteiger partial charge in [-0.1, -0.05) is 54.6 Å². The first-order chi connectivity index (χ1) is 10.8. The Morgan fingerprint density at radius 1 is 0.818 bits per heavy atom. The number of hydrogen-bond acceptors (Lipinski definition) is 3. The average Bonchev–Trinajstić information content (AvgIpc) is 3.05. The van der Waals surface area contributed by atoms with Gasteiger partial charge in [0.05, 0.1) is 6.33 Å². The van der Waals surface area contributed by atoms with Crippen LogP contribution in [0.15, 0.2) is 65.7 Å². The third-order valence-corrected chi connectivity index (χ3v) is 3.56. The highest BCUT2D eigenvalue weighted by atomic mass is 16.1. The Bertz CT molecular complexity index is 985. The Balaban J connectivity index is 1.77. The van der Waals surface area contributed by atoms with E-state index in [2.05, 4.69) is 32.1 Å². The van der Waals surface area contributed by atoms with Crippen molar-refractivity contribution in [2.75, 3.05) is 0 Å². The molecule has 0 saturated heterocycles. The van der Waals surface area contributed by atoms with Crippen LogP contribution < -0.4 is 5.56 Å². The zero-order valence-electron chi connectivity index (χ0n) is 11.6. The van der Waals surface area contributed by atoms with Crippen LogP contribution in [0.5, 0.6) is 0 Å². The summed E-state index contributed by atoms with van der Waals surface area (Å²) >= 11 is 0. The predicted octanol–water partition coefficient (Wildman–Crippen LogP) is 2.98. The summed E-state index contributed by atoms with van der Waals surface area (Å²) in [6, 6.07) is 18.1. The number of rotatable bonds is 2. The standard InChI is InChI=1S/C17H12N4O/c22-17-14-16(19-10-18-14)20-15(21-17)13-8-6-12(7-9-13)11-4-2-1-3-5-11/h1-10H,(H2,18,19,20,21,22). The third-order valence-electron chi connectivity index (χ3n) is 3.56. The average molecular weight is 288 g/mol. The molecule has 0 bridgehead atoms. The number of benzene rings is 2. The van der Waals surface area contributed by atoms with Crippen LogP contribution in [-0.2, 0) is 0 Å². The van der Waals surface area contributed by atoms with E-state index in [1.807, 2.05) is 42.5 Å². The van der Waals surface area contributed by atoms with Crippen molar-refractivity contribution in [2.24, 2.45) is 0 Å². The van der Waals surface area contributed by atoms with Crippen molar-refractivity contribution in [3.63, 3.8) is 0 Å². The lowest BCUT2D eigenvalue weighted by Gasteiger charge is -2.04. The SMILES string of the molecule is O=c1[nH]c(-c2ccc(-c3ccccc3)cc2)nc2[nH]cnc12. The molecule has 0 aliphatic heterocycles. The van der Waals surface area contributed by atoms with Gasteiger partial charge in [-0.2, -0.15) is 0 Å². The first-order valence-corrected chi connectivity index (χ1v) is 6.90. The Morgan fingerprint density at radius 2 is 1.50 bits per heavy atom. The van der Waals surface area contributed by atoms with E-state index in [1.165, 1.54) is 6.33 Å². The molecule has 0 radical (unpaired) electrons. The van der Waals surface area contributed by atoms with Crippen molar-refractivity contribution in [2.45, 2.75) is 0 Å². The molecule has 0 spiro atoms. The van der Waals surface area contributed by atoms with Crippen molar-refractivity contribution in [1.82, 2.24) is 19.9 Å². The molecule has 0 aliphatic rings. The molecule has 0 saturated carbocycles. The Labute approximate surface area is 125 Å². The Morgan fingerprint density at radius 3 is 2.27 bits per heavy atom. The molecule has 0 atom stereocenters. The van der Waals surface area contributed by atoms with E-state index < -0.39 is 0 Å². The van der Waals surface area contributed by atoms with Crippen LogP contribution in [0.3, 0.4) is 0 Å². The molecule has 22 heavy (non-hydrogen) atoms. The summed E-state index contributed by atoms with van der Waals surface area (Å²) in [6.07, 6.45) is 1.47. The molecule has 2 heterocycles. The zero-order valence-corrected chi connectivity index (χ0v) is 11.6. The van der Waals surface area contributed by atoms with E-state index in [1.54, 1.807) is 0 Å². The molecule has 0 aliphatic carbocycles. The van der Waals surface area contributed by atoms with Crippen LogP contribution in [0.1, 0.15) is 0 Å². The lowest BCUT2D eigenvalue weighted by atomic mass is 10.0. The van der Waals surface area contributed by atoms with E-state index >= 15 is 0 Å². The number of imidazole rings is 1. The minimum Gasteiger partial charge on any atom is -0.329 e. The molecule has 4 rings (SSSR count). The summed E-state index contributed by atoms with van der Waals surface area (Å²) < 4.78 is 0. The van der Waals surface area contributed by atoms with E-state index in [-0.39, 0.29) is 5.56 Å². The molecule has 2 N–H and O–H groups in total. The van der Waals surface area contributed by atoms with Crippen molar-refractivity contribution in [3.05, 3.63) is 71.3 Å². The number of aromatic amines is 2. The lowest BCUT2D eigenvalue weighted by molar-refractivity contribution is 1.16. The van der Waals surface area contributed by atoms with Gasteiger partial charge in [0.1, 0.15) is 5.82 Å². The normalized spacial score (nSPS) is 10.9. The fraction of sp³-hybridized carbons (Fsp3) is 0. The Hall–Kier alpha value is -3.21. The van der Waals surface area contributed by atoms with Gasteiger partial charge >= 0.3 is 0 Å². The van der Waals surface area contributed by atoms with Crippen LogP contribution in [0, 0.1) is 0 Å². The molecule has 0 unspecified atom stereocenters. The van der Waals surface area contributed by atoms with E-state index in [0.717, 1.165) is 16.7 Å². The minimum atomic E-state index is -0.242. The van der Waals surface area contributed by atoms with Crippen LogP contribution in [0.4, 0.5) is 0 Å². The summed E-state index contributed by atoms with van der Waals surface area (Å²) in [6.45, 7) is 0. The summed E-state index contributed by atoms with van der Waals surface area (Å²) in [5.41, 5.74) is 3.70. The second-order valence-corrected chi connectivity index (χ2v) is 4.96. The van der Waals surface area contributed by atoms with Gasteiger partial charge in [-0.05, 0) is 11.1 Å². The molecule has 5 heteroatoms. The van der Waals surface area contributed by atoms with Gasteiger partial charge in [-0.3, -0.25) is 4.79 Å². The van der Waals surface area contributed by atoms with Gasteiger partial charge in [0, 0.05) is 5.56 Å². The molecule has 106 valence electrons. The second kappa shape index (κ2) is 4.96. The van der Waals surface area contributed by atoms with Gasteiger partial charge in [0.25, 0.3) is 5.56 Å². The monoisotopic (exact) mass is 288 g/mol. The molecule has 2 aromatic heterocycles. The molecule has 0 amide bonds. The largest absolute Gasteiger partial charge is 0.329 e. The topological polar surface area (TPSA) is 74.4 Å². The van der Waals surface area contributed by atoms with Crippen molar-refractivity contribution >= 4 is 11.2 Å². The van der Waals surface area contributed by atoms with Crippen LogP contribution in [-0.4, -0.2) is 19.9 Å². The molecule has 5 nitrogen and oxygen atoms in total. The molecular weight excluding hydrogens is 276 g/mol. The maximum atomic E-state index is 11.9. The fourth-order valence-corrected chi connectivity index (χ4v) is 2.43. The van der Waals surface area contributed by atoms with Crippen molar-refractivity contribution in [1.29, 1.82) is 0 Å². The van der Waals surface area contributed by atoms with Crippen LogP contribution in [0.2, 0.25) is 0 Å². The van der Waals surface area contributed by atoms with Crippen molar-refractivity contribution in [3.8, 4) is 22.5 Å². The van der Waals surface area contributed by atoms with Gasteiger partial charge < -0.3 is 9.97 Å². The van der Waals surface area contributed by atoms with E-state index in [0.29, 0.717) is 17.0 Å². The quantitative estimate of drug-likeness (QED) is 0.595. The number of aromatic nitrogens is 4. The molecule has 2 aromatic carbocycles. The van der Waals surface area contributed by atoms with E-state index in [9.17, 15) is 4.79 Å².